The van der Waals surface area contributed by atoms with Gasteiger partial charge in [0.15, 0.2) is 5.82 Å². The van der Waals surface area contributed by atoms with Crippen molar-refractivity contribution >= 4 is 28.5 Å². The predicted molar refractivity (Wildman–Crippen MR) is 158 cm³/mol. The lowest BCUT2D eigenvalue weighted by atomic mass is 9.97. The number of nitrogens with one attached hydrogen (secondary N) is 1. The number of hydrogen-bond donors (Lipinski definition) is 1. The smallest absolute Gasteiger partial charge is 0.169 e. The molecule has 1 aliphatic heterocycles. The summed E-state index contributed by atoms with van der Waals surface area (Å²) in [5.41, 5.74) is 10.5. The Morgan fingerprint density at radius 3 is 2.50 bits per heavy atom. The lowest BCUT2D eigenvalue weighted by Crippen LogP contribution is -2.15. The van der Waals surface area contributed by atoms with Crippen LogP contribution >= 0.6 is 12.2 Å². The summed E-state index contributed by atoms with van der Waals surface area (Å²) in [7, 11) is 0. The van der Waals surface area contributed by atoms with Crippen molar-refractivity contribution in [3.05, 3.63) is 107 Å². The van der Waals surface area contributed by atoms with E-state index in [1.54, 1.807) is 0 Å². The Balaban J connectivity index is 1.50. The summed E-state index contributed by atoms with van der Waals surface area (Å²) in [4.78, 5) is 0.672. The van der Waals surface area contributed by atoms with Gasteiger partial charge in [-0.3, -0.25) is 0 Å². The first kappa shape index (κ1) is 24.4. The number of thiocarbonyl (C=S) groups is 1. The quantitative estimate of drug-likeness (QED) is 0.237. The predicted octanol–water partition coefficient (Wildman–Crippen LogP) is 7.43. The summed E-state index contributed by atoms with van der Waals surface area (Å²) >= 11 is 6.12. The molecule has 5 nitrogen and oxygen atoms in total. The van der Waals surface area contributed by atoms with Gasteiger partial charge in [0.1, 0.15) is 28.7 Å². The molecule has 3 heterocycles. The summed E-state index contributed by atoms with van der Waals surface area (Å²) in [6.45, 7) is 7.69. The molecule has 2 aromatic heterocycles. The number of ether oxygens (including phenoxy) is 1. The largest absolute Gasteiger partial charge is 0.486 e. The third kappa shape index (κ3) is 4.50. The van der Waals surface area contributed by atoms with E-state index in [0.717, 1.165) is 54.4 Å². The van der Waals surface area contributed by atoms with Crippen molar-refractivity contribution in [2.24, 2.45) is 0 Å². The average Bonchev–Trinajstić information content (AvgIpc) is 3.32. The number of rotatable bonds is 6. The molecule has 0 bridgehead atoms. The first-order valence-corrected chi connectivity index (χ1v) is 13.7. The monoisotopic (exact) mass is 520 g/mol. The van der Waals surface area contributed by atoms with Crippen LogP contribution in [0.3, 0.4) is 0 Å². The summed E-state index contributed by atoms with van der Waals surface area (Å²) in [5.74, 6) is 1.76. The highest BCUT2D eigenvalue weighted by atomic mass is 32.1. The molecule has 0 fully saturated rings. The molecule has 0 unspecified atom stereocenters. The van der Waals surface area contributed by atoms with Crippen LogP contribution in [0.15, 0.2) is 72.8 Å². The summed E-state index contributed by atoms with van der Waals surface area (Å²) < 4.78 is 10.5. The maximum Gasteiger partial charge on any atom is 0.169 e. The molecule has 0 aliphatic carbocycles. The Kier molecular flexibility index (Phi) is 6.50. The summed E-state index contributed by atoms with van der Waals surface area (Å²) in [6.07, 6.45) is 3.21. The first-order valence-electron chi connectivity index (χ1n) is 13.3. The minimum Gasteiger partial charge on any atom is -0.486 e. The zero-order valence-corrected chi connectivity index (χ0v) is 22.9. The molecule has 38 heavy (non-hydrogen) atoms. The fraction of sp³-hybridized carbons (Fsp3) is 0.250. The maximum atomic E-state index is 6.14. The second kappa shape index (κ2) is 10.1. The summed E-state index contributed by atoms with van der Waals surface area (Å²) in [5, 5.41) is 8.66. The van der Waals surface area contributed by atoms with E-state index in [4.69, 9.17) is 22.1 Å². The molecule has 1 N–H and O–H groups in total. The number of nitrogens with zero attached hydrogens (tertiary/aromatic N) is 3. The van der Waals surface area contributed by atoms with Crippen LogP contribution in [-0.4, -0.2) is 19.2 Å². The minimum absolute atomic E-state index is 0.405. The second-order valence-corrected chi connectivity index (χ2v) is 10.6. The Morgan fingerprint density at radius 1 is 0.947 bits per heavy atom. The average molecular weight is 521 g/mol. The molecule has 5 aromatic rings. The van der Waals surface area contributed by atoms with Gasteiger partial charge in [0.2, 0.25) is 0 Å². The minimum atomic E-state index is 0.405. The molecule has 3 aromatic carbocycles. The van der Waals surface area contributed by atoms with E-state index in [9.17, 15) is 0 Å². The lowest BCUT2D eigenvalue weighted by molar-refractivity contribution is 0.288. The van der Waals surface area contributed by atoms with Crippen LogP contribution in [0.25, 0.3) is 16.8 Å². The van der Waals surface area contributed by atoms with E-state index in [2.05, 4.69) is 77.6 Å². The van der Waals surface area contributed by atoms with Gasteiger partial charge >= 0.3 is 0 Å². The van der Waals surface area contributed by atoms with Crippen LogP contribution in [0.4, 0.5) is 5.69 Å². The summed E-state index contributed by atoms with van der Waals surface area (Å²) in [6, 6.07) is 25.1. The fourth-order valence-corrected chi connectivity index (χ4v) is 5.63. The standard InChI is InChI=1S/C32H32N4OS/c1-21-12-15-24(16-13-21)29-27-11-7-8-18-35-28(20-37-26-9-5-4-6-10-26)34-36(32(27)35)30(29)31(38)33-25-17-14-22(2)23(3)19-25/h4-6,9-10,12-17,19H,7-8,11,18,20H2,1-3H3,(H,33,38). The Hall–Kier alpha value is -3.90. The van der Waals surface area contributed by atoms with E-state index >= 15 is 0 Å². The van der Waals surface area contributed by atoms with E-state index in [0.29, 0.717) is 11.6 Å². The van der Waals surface area contributed by atoms with Gasteiger partial charge in [-0.2, -0.15) is 0 Å². The number of hydrogen-bond acceptors (Lipinski definition) is 3. The number of benzene rings is 3. The van der Waals surface area contributed by atoms with Gasteiger partial charge in [-0.05, 0) is 81.0 Å². The normalized spacial score (nSPS) is 12.9. The number of aryl methyl sites for hydroxylation is 5. The van der Waals surface area contributed by atoms with Crippen molar-refractivity contribution < 1.29 is 4.74 Å². The Morgan fingerprint density at radius 2 is 1.74 bits per heavy atom. The maximum absolute atomic E-state index is 6.14. The Labute approximate surface area is 229 Å². The molecule has 0 atom stereocenters. The van der Waals surface area contributed by atoms with Crippen LogP contribution in [0.1, 0.15) is 46.6 Å². The van der Waals surface area contributed by atoms with E-state index < -0.39 is 0 Å². The Bertz CT molecular complexity index is 1630. The first-order chi connectivity index (χ1) is 18.5. The van der Waals surface area contributed by atoms with Crippen LogP contribution in [0.5, 0.6) is 5.75 Å². The third-order valence-corrected chi connectivity index (χ3v) is 7.79. The van der Waals surface area contributed by atoms with Gasteiger partial charge in [0.05, 0.1) is 0 Å². The molecule has 0 saturated carbocycles. The molecule has 1 aliphatic rings. The van der Waals surface area contributed by atoms with Crippen molar-refractivity contribution in [2.45, 2.75) is 53.2 Å². The molecule has 0 amide bonds. The molecule has 6 heteroatoms. The van der Waals surface area contributed by atoms with Gasteiger partial charge in [0.25, 0.3) is 0 Å². The highest BCUT2D eigenvalue weighted by Gasteiger charge is 2.29. The van der Waals surface area contributed by atoms with Crippen LogP contribution in [-0.2, 0) is 19.6 Å². The molecule has 0 radical (unpaired) electrons. The van der Waals surface area contributed by atoms with Crippen molar-refractivity contribution in [3.63, 3.8) is 0 Å². The van der Waals surface area contributed by atoms with Crippen LogP contribution in [0.2, 0.25) is 0 Å². The molecule has 192 valence electrons. The van der Waals surface area contributed by atoms with E-state index in [-0.39, 0.29) is 0 Å². The lowest BCUT2D eigenvalue weighted by Gasteiger charge is -2.13. The van der Waals surface area contributed by atoms with Gasteiger partial charge in [-0.1, -0.05) is 66.3 Å². The van der Waals surface area contributed by atoms with Crippen LogP contribution in [0, 0.1) is 20.8 Å². The van der Waals surface area contributed by atoms with Crippen LogP contribution < -0.4 is 10.1 Å². The van der Waals surface area contributed by atoms with Gasteiger partial charge < -0.3 is 14.6 Å². The van der Waals surface area contributed by atoms with Gasteiger partial charge in [0, 0.05) is 23.4 Å². The van der Waals surface area contributed by atoms with Crippen molar-refractivity contribution in [3.8, 4) is 16.9 Å². The van der Waals surface area contributed by atoms with Crippen molar-refractivity contribution in [2.75, 3.05) is 5.32 Å². The zero-order valence-electron chi connectivity index (χ0n) is 22.1. The molecule has 6 rings (SSSR count). The number of aromatic nitrogens is 3. The molecule has 0 spiro atoms. The SMILES string of the molecule is Cc1ccc(-c2c3c4n(c(COc5ccccc5)nn4c2C(=S)Nc2ccc(C)c(C)c2)CCCC3)cc1. The topological polar surface area (TPSA) is 43.5 Å². The highest BCUT2D eigenvalue weighted by Crippen LogP contribution is 2.37. The highest BCUT2D eigenvalue weighted by molar-refractivity contribution is 7.81. The van der Waals surface area contributed by atoms with Crippen molar-refractivity contribution in [1.29, 1.82) is 0 Å². The zero-order chi connectivity index (χ0) is 26.2. The van der Waals surface area contributed by atoms with Gasteiger partial charge in [-0.25, -0.2) is 4.52 Å². The molecule has 0 saturated heterocycles. The molecular formula is C32H32N4OS. The van der Waals surface area contributed by atoms with E-state index in [1.807, 2.05) is 30.3 Å². The number of anilines is 1. The van der Waals surface area contributed by atoms with E-state index in [1.165, 1.54) is 33.4 Å². The fourth-order valence-electron chi connectivity index (χ4n) is 5.33. The third-order valence-electron chi connectivity index (χ3n) is 7.49. The molecular weight excluding hydrogens is 488 g/mol. The second-order valence-electron chi connectivity index (χ2n) is 10.2. The van der Waals surface area contributed by atoms with Gasteiger partial charge in [-0.15, -0.1) is 5.10 Å². The number of para-hydroxylation sites is 1. The van der Waals surface area contributed by atoms with Crippen molar-refractivity contribution in [1.82, 2.24) is 14.2 Å².